The molecular formula is C17H26N2O. The number of nitrogens with zero attached hydrogens (tertiary/aromatic N) is 1. The van der Waals surface area contributed by atoms with Crippen molar-refractivity contribution in [3.8, 4) is 0 Å². The van der Waals surface area contributed by atoms with Crippen molar-refractivity contribution >= 4 is 5.91 Å². The molecule has 0 spiro atoms. The number of nitrogens with two attached hydrogens (primary N) is 1. The third kappa shape index (κ3) is 3.60. The summed E-state index contributed by atoms with van der Waals surface area (Å²) in [5.74, 6) is 0.740. The molecule has 1 aliphatic heterocycles. The molecule has 2 N–H and O–H groups in total. The van der Waals surface area contributed by atoms with Gasteiger partial charge in [-0.15, -0.1) is 0 Å². The van der Waals surface area contributed by atoms with E-state index in [2.05, 4.69) is 26.0 Å². The van der Waals surface area contributed by atoms with Crippen LogP contribution in [0.5, 0.6) is 0 Å². The van der Waals surface area contributed by atoms with E-state index in [-0.39, 0.29) is 11.9 Å². The van der Waals surface area contributed by atoms with E-state index in [0.717, 1.165) is 32.4 Å². The predicted molar refractivity (Wildman–Crippen MR) is 82.5 cm³/mol. The average Bonchev–Trinajstić information content (AvgIpc) is 2.80. The van der Waals surface area contributed by atoms with Gasteiger partial charge in [0.05, 0.1) is 0 Å². The third-order valence-electron chi connectivity index (χ3n) is 4.37. The number of amides is 1. The summed E-state index contributed by atoms with van der Waals surface area (Å²) >= 11 is 0. The first-order valence-electron chi connectivity index (χ1n) is 7.69. The van der Waals surface area contributed by atoms with E-state index < -0.39 is 0 Å². The van der Waals surface area contributed by atoms with Gasteiger partial charge in [0.1, 0.15) is 0 Å². The number of carbonyl (C=O) groups excluding carboxylic acids is 1. The first-order valence-corrected chi connectivity index (χ1v) is 7.69. The van der Waals surface area contributed by atoms with Crippen LogP contribution < -0.4 is 5.73 Å². The third-order valence-corrected chi connectivity index (χ3v) is 4.37. The van der Waals surface area contributed by atoms with Gasteiger partial charge in [0, 0.05) is 25.6 Å². The maximum Gasteiger partial charge on any atom is 0.222 e. The minimum atomic E-state index is 0.164. The summed E-state index contributed by atoms with van der Waals surface area (Å²) in [5, 5.41) is 0. The second-order valence-electron chi connectivity index (χ2n) is 5.94. The van der Waals surface area contributed by atoms with Crippen LogP contribution in [0.15, 0.2) is 24.3 Å². The van der Waals surface area contributed by atoms with Crippen molar-refractivity contribution in [2.24, 2.45) is 11.7 Å². The van der Waals surface area contributed by atoms with Gasteiger partial charge in [-0.25, -0.2) is 0 Å². The van der Waals surface area contributed by atoms with Crippen molar-refractivity contribution in [2.45, 2.75) is 45.6 Å². The van der Waals surface area contributed by atoms with Gasteiger partial charge in [0.25, 0.3) is 0 Å². The van der Waals surface area contributed by atoms with Crippen LogP contribution in [-0.4, -0.2) is 29.9 Å². The zero-order valence-electron chi connectivity index (χ0n) is 12.6. The molecule has 110 valence electrons. The second kappa shape index (κ2) is 6.89. The molecule has 0 saturated carbocycles. The number of hydrogen-bond donors (Lipinski definition) is 1. The fourth-order valence-corrected chi connectivity index (χ4v) is 3.07. The Labute approximate surface area is 122 Å². The van der Waals surface area contributed by atoms with Gasteiger partial charge >= 0.3 is 0 Å². The van der Waals surface area contributed by atoms with Crippen molar-refractivity contribution < 1.29 is 4.79 Å². The van der Waals surface area contributed by atoms with Crippen LogP contribution in [0.25, 0.3) is 0 Å². The Balaban J connectivity index is 1.86. The van der Waals surface area contributed by atoms with Crippen molar-refractivity contribution in [2.75, 3.05) is 13.1 Å². The maximum absolute atomic E-state index is 12.3. The SMILES string of the molecule is CCC[C@@H]1CN(C(=O)CCc2ccccc2C)C[C@H]1N. The van der Waals surface area contributed by atoms with Gasteiger partial charge in [-0.3, -0.25) is 4.79 Å². The molecular weight excluding hydrogens is 248 g/mol. The van der Waals surface area contributed by atoms with Crippen molar-refractivity contribution in [1.29, 1.82) is 0 Å². The van der Waals surface area contributed by atoms with Crippen LogP contribution in [0.3, 0.4) is 0 Å². The van der Waals surface area contributed by atoms with Gasteiger partial charge in [-0.2, -0.15) is 0 Å². The van der Waals surface area contributed by atoms with Gasteiger partial charge in [0.15, 0.2) is 0 Å². The van der Waals surface area contributed by atoms with Crippen LogP contribution in [0.4, 0.5) is 0 Å². The quantitative estimate of drug-likeness (QED) is 0.896. The highest BCUT2D eigenvalue weighted by Crippen LogP contribution is 2.21. The minimum Gasteiger partial charge on any atom is -0.341 e. The lowest BCUT2D eigenvalue weighted by Crippen LogP contribution is -2.32. The molecule has 2 rings (SSSR count). The van der Waals surface area contributed by atoms with Gasteiger partial charge in [-0.05, 0) is 36.8 Å². The molecule has 1 heterocycles. The fourth-order valence-electron chi connectivity index (χ4n) is 3.07. The van der Waals surface area contributed by atoms with E-state index in [1.807, 2.05) is 17.0 Å². The molecule has 1 aliphatic rings. The van der Waals surface area contributed by atoms with Crippen LogP contribution in [0.1, 0.15) is 37.3 Å². The van der Waals surface area contributed by atoms with Crippen LogP contribution >= 0.6 is 0 Å². The molecule has 0 aliphatic carbocycles. The predicted octanol–water partition coefficient (Wildman–Crippen LogP) is 2.51. The fraction of sp³-hybridized carbons (Fsp3) is 0.588. The number of rotatable bonds is 5. The lowest BCUT2D eigenvalue weighted by molar-refractivity contribution is -0.130. The Morgan fingerprint density at radius 3 is 2.80 bits per heavy atom. The molecule has 1 aromatic rings. The summed E-state index contributed by atoms with van der Waals surface area (Å²) in [6, 6.07) is 8.45. The zero-order valence-corrected chi connectivity index (χ0v) is 12.6. The highest BCUT2D eigenvalue weighted by atomic mass is 16.2. The number of aryl methyl sites for hydroxylation is 2. The Morgan fingerprint density at radius 1 is 1.35 bits per heavy atom. The average molecular weight is 274 g/mol. The number of carbonyl (C=O) groups is 1. The number of benzene rings is 1. The molecule has 1 amide bonds. The molecule has 1 fully saturated rings. The van der Waals surface area contributed by atoms with Gasteiger partial charge < -0.3 is 10.6 Å². The normalized spacial score (nSPS) is 22.2. The lowest BCUT2D eigenvalue weighted by atomic mass is 9.99. The van der Waals surface area contributed by atoms with E-state index >= 15 is 0 Å². The zero-order chi connectivity index (χ0) is 14.5. The smallest absolute Gasteiger partial charge is 0.222 e. The van der Waals surface area contributed by atoms with Gasteiger partial charge in [-0.1, -0.05) is 37.6 Å². The molecule has 3 heteroatoms. The maximum atomic E-state index is 12.3. The highest BCUT2D eigenvalue weighted by Gasteiger charge is 2.31. The molecule has 0 aromatic heterocycles. The molecule has 0 radical (unpaired) electrons. The summed E-state index contributed by atoms with van der Waals surface area (Å²) in [6.07, 6.45) is 3.69. The first kappa shape index (κ1) is 15.0. The Hall–Kier alpha value is -1.35. The van der Waals surface area contributed by atoms with Crippen LogP contribution in [-0.2, 0) is 11.2 Å². The number of likely N-dealkylation sites (tertiary alicyclic amines) is 1. The topological polar surface area (TPSA) is 46.3 Å². The van der Waals surface area contributed by atoms with E-state index in [1.165, 1.54) is 11.1 Å². The Bertz CT molecular complexity index is 458. The van der Waals surface area contributed by atoms with Crippen molar-refractivity contribution in [3.05, 3.63) is 35.4 Å². The standard InChI is InChI=1S/C17H26N2O/c1-3-6-15-11-19(12-16(15)18)17(20)10-9-14-8-5-4-7-13(14)2/h4-5,7-8,15-16H,3,6,9-12,18H2,1-2H3/t15-,16-/m1/s1. The van der Waals surface area contributed by atoms with E-state index in [9.17, 15) is 4.79 Å². The molecule has 3 nitrogen and oxygen atoms in total. The molecule has 20 heavy (non-hydrogen) atoms. The van der Waals surface area contributed by atoms with E-state index in [0.29, 0.717) is 12.3 Å². The summed E-state index contributed by atoms with van der Waals surface area (Å²) in [6.45, 7) is 5.86. The highest BCUT2D eigenvalue weighted by molar-refractivity contribution is 5.77. The molecule has 0 unspecified atom stereocenters. The monoisotopic (exact) mass is 274 g/mol. The molecule has 0 bridgehead atoms. The van der Waals surface area contributed by atoms with Crippen molar-refractivity contribution in [3.63, 3.8) is 0 Å². The Morgan fingerprint density at radius 2 is 2.10 bits per heavy atom. The molecule has 2 atom stereocenters. The van der Waals surface area contributed by atoms with Crippen molar-refractivity contribution in [1.82, 2.24) is 4.90 Å². The lowest BCUT2D eigenvalue weighted by Gasteiger charge is -2.16. The summed E-state index contributed by atoms with van der Waals surface area (Å²) < 4.78 is 0. The second-order valence-corrected chi connectivity index (χ2v) is 5.94. The summed E-state index contributed by atoms with van der Waals surface area (Å²) in [7, 11) is 0. The molecule has 1 aromatic carbocycles. The minimum absolute atomic E-state index is 0.164. The largest absolute Gasteiger partial charge is 0.341 e. The van der Waals surface area contributed by atoms with Crippen LogP contribution in [0, 0.1) is 12.8 Å². The summed E-state index contributed by atoms with van der Waals surface area (Å²) in [4.78, 5) is 14.3. The van der Waals surface area contributed by atoms with Crippen LogP contribution in [0.2, 0.25) is 0 Å². The Kier molecular flexibility index (Phi) is 5.18. The van der Waals surface area contributed by atoms with Gasteiger partial charge in [0.2, 0.25) is 5.91 Å². The van der Waals surface area contributed by atoms with E-state index in [1.54, 1.807) is 0 Å². The summed E-state index contributed by atoms with van der Waals surface area (Å²) in [5.41, 5.74) is 8.67. The molecule has 1 saturated heterocycles. The van der Waals surface area contributed by atoms with E-state index in [4.69, 9.17) is 5.73 Å². The first-order chi connectivity index (χ1) is 9.61. The number of hydrogen-bond acceptors (Lipinski definition) is 2.